The molecule has 108 valence electrons. The Kier molecular flexibility index (Phi) is 6.32. The molecule has 5 heteroatoms. The molecule has 0 bridgehead atoms. The van der Waals surface area contributed by atoms with Gasteiger partial charge in [-0.1, -0.05) is 25.1 Å². The predicted octanol–water partition coefficient (Wildman–Crippen LogP) is 3.07. The largest absolute Gasteiger partial charge is 0.491 e. The molecule has 0 amide bonds. The number of benzene rings is 1. The van der Waals surface area contributed by atoms with Crippen molar-refractivity contribution in [2.24, 2.45) is 0 Å². The van der Waals surface area contributed by atoms with E-state index >= 15 is 0 Å². The Hall–Kier alpha value is -1.08. The fourth-order valence-corrected chi connectivity index (χ4v) is 2.35. The molecule has 0 atom stereocenters. The Morgan fingerprint density at radius 1 is 1.35 bits per heavy atom. The van der Waals surface area contributed by atoms with Crippen LogP contribution in [0.15, 0.2) is 36.7 Å². The Balaban J connectivity index is 1.85. The number of para-hydroxylation sites is 1. The normalized spacial score (nSPS) is 10.7. The van der Waals surface area contributed by atoms with Crippen LogP contribution in [0.5, 0.6) is 5.75 Å². The number of nitrogens with zero attached hydrogens (tertiary/aromatic N) is 2. The van der Waals surface area contributed by atoms with Gasteiger partial charge in [0.25, 0.3) is 0 Å². The van der Waals surface area contributed by atoms with Gasteiger partial charge in [-0.25, -0.2) is 0 Å². The number of nitrogens with one attached hydrogen (secondary N) is 1. The first-order chi connectivity index (χ1) is 9.79. The standard InChI is InChI=1S/C15H20IN3O/c1-2-7-17-10-13-5-3-4-6-15(13)20-9-8-19-12-14(16)11-18-19/h3-6,11-12,17H,2,7-10H2,1H3. The molecule has 0 saturated heterocycles. The van der Waals surface area contributed by atoms with Crippen molar-refractivity contribution in [3.63, 3.8) is 0 Å². The second kappa shape index (κ2) is 8.26. The van der Waals surface area contributed by atoms with Gasteiger partial charge in [-0.2, -0.15) is 5.10 Å². The summed E-state index contributed by atoms with van der Waals surface area (Å²) in [5.41, 5.74) is 1.20. The fourth-order valence-electron chi connectivity index (χ4n) is 1.90. The van der Waals surface area contributed by atoms with Gasteiger partial charge in [0.1, 0.15) is 12.4 Å². The van der Waals surface area contributed by atoms with Crippen molar-refractivity contribution in [1.29, 1.82) is 0 Å². The van der Waals surface area contributed by atoms with Crippen molar-refractivity contribution in [3.05, 3.63) is 45.8 Å². The summed E-state index contributed by atoms with van der Waals surface area (Å²) in [6, 6.07) is 8.19. The fraction of sp³-hybridized carbons (Fsp3) is 0.400. The average Bonchev–Trinajstić information content (AvgIpc) is 2.86. The molecule has 0 aliphatic carbocycles. The first-order valence-corrected chi connectivity index (χ1v) is 7.97. The van der Waals surface area contributed by atoms with E-state index in [1.807, 2.05) is 35.3 Å². The SMILES string of the molecule is CCCNCc1ccccc1OCCn1cc(I)cn1. The maximum atomic E-state index is 5.88. The zero-order valence-electron chi connectivity index (χ0n) is 11.7. The van der Waals surface area contributed by atoms with E-state index in [0.29, 0.717) is 6.61 Å². The Bertz CT molecular complexity index is 527. The van der Waals surface area contributed by atoms with Crippen LogP contribution in [0.1, 0.15) is 18.9 Å². The lowest BCUT2D eigenvalue weighted by Crippen LogP contribution is -2.15. The third kappa shape index (κ3) is 4.79. The first kappa shape index (κ1) is 15.3. The molecule has 0 unspecified atom stereocenters. The van der Waals surface area contributed by atoms with Crippen molar-refractivity contribution in [1.82, 2.24) is 15.1 Å². The quantitative estimate of drug-likeness (QED) is 0.561. The molecule has 1 aromatic carbocycles. The average molecular weight is 385 g/mol. The maximum Gasteiger partial charge on any atom is 0.123 e. The van der Waals surface area contributed by atoms with E-state index in [4.69, 9.17) is 4.74 Å². The molecular formula is C15H20IN3O. The number of hydrogen-bond donors (Lipinski definition) is 1. The number of rotatable bonds is 8. The van der Waals surface area contributed by atoms with E-state index in [-0.39, 0.29) is 0 Å². The van der Waals surface area contributed by atoms with E-state index in [2.05, 4.69) is 46.0 Å². The molecular weight excluding hydrogens is 365 g/mol. The van der Waals surface area contributed by atoms with Gasteiger partial charge in [-0.3, -0.25) is 4.68 Å². The highest BCUT2D eigenvalue weighted by molar-refractivity contribution is 14.1. The van der Waals surface area contributed by atoms with Crippen molar-refractivity contribution < 1.29 is 4.74 Å². The minimum Gasteiger partial charge on any atom is -0.491 e. The lowest BCUT2D eigenvalue weighted by Gasteiger charge is -2.12. The Morgan fingerprint density at radius 2 is 2.20 bits per heavy atom. The third-order valence-corrected chi connectivity index (χ3v) is 3.45. The van der Waals surface area contributed by atoms with Gasteiger partial charge in [0, 0.05) is 18.3 Å². The second-order valence-corrected chi connectivity index (χ2v) is 5.80. The number of hydrogen-bond acceptors (Lipinski definition) is 3. The zero-order valence-corrected chi connectivity index (χ0v) is 13.8. The van der Waals surface area contributed by atoms with Gasteiger partial charge in [0.05, 0.1) is 16.3 Å². The third-order valence-electron chi connectivity index (χ3n) is 2.89. The van der Waals surface area contributed by atoms with Gasteiger partial charge >= 0.3 is 0 Å². The molecule has 4 nitrogen and oxygen atoms in total. The van der Waals surface area contributed by atoms with Gasteiger partial charge < -0.3 is 10.1 Å². The van der Waals surface area contributed by atoms with E-state index in [0.717, 1.165) is 35.4 Å². The van der Waals surface area contributed by atoms with Gasteiger partial charge in [0.2, 0.25) is 0 Å². The van der Waals surface area contributed by atoms with Gasteiger partial charge in [-0.05, 0) is 41.6 Å². The number of halogens is 1. The minimum atomic E-state index is 0.628. The lowest BCUT2D eigenvalue weighted by atomic mass is 10.2. The summed E-state index contributed by atoms with van der Waals surface area (Å²) in [5.74, 6) is 0.956. The summed E-state index contributed by atoms with van der Waals surface area (Å²) in [6.07, 6.45) is 5.00. The number of aromatic nitrogens is 2. The Labute approximate surface area is 133 Å². The molecule has 0 radical (unpaired) electrons. The smallest absolute Gasteiger partial charge is 0.123 e. The summed E-state index contributed by atoms with van der Waals surface area (Å²) < 4.78 is 8.93. The second-order valence-electron chi connectivity index (χ2n) is 4.55. The van der Waals surface area contributed by atoms with Crippen LogP contribution in [0, 0.1) is 3.57 Å². The highest BCUT2D eigenvalue weighted by atomic mass is 127. The molecule has 0 aliphatic heterocycles. The van der Waals surface area contributed by atoms with E-state index in [1.165, 1.54) is 5.56 Å². The molecule has 0 spiro atoms. The first-order valence-electron chi connectivity index (χ1n) is 6.89. The highest BCUT2D eigenvalue weighted by Gasteiger charge is 2.03. The molecule has 1 heterocycles. The van der Waals surface area contributed by atoms with Crippen molar-refractivity contribution >= 4 is 22.6 Å². The maximum absolute atomic E-state index is 5.88. The van der Waals surface area contributed by atoms with E-state index in [1.54, 1.807) is 0 Å². The predicted molar refractivity (Wildman–Crippen MR) is 88.9 cm³/mol. The summed E-state index contributed by atoms with van der Waals surface area (Å²) in [7, 11) is 0. The van der Waals surface area contributed by atoms with Crippen LogP contribution in [0.25, 0.3) is 0 Å². The molecule has 20 heavy (non-hydrogen) atoms. The topological polar surface area (TPSA) is 39.1 Å². The molecule has 1 aromatic heterocycles. The van der Waals surface area contributed by atoms with E-state index in [9.17, 15) is 0 Å². The van der Waals surface area contributed by atoms with Crippen LogP contribution in [0.4, 0.5) is 0 Å². The molecule has 1 N–H and O–H groups in total. The molecule has 0 aliphatic rings. The van der Waals surface area contributed by atoms with Crippen LogP contribution in [0.3, 0.4) is 0 Å². The zero-order chi connectivity index (χ0) is 14.2. The van der Waals surface area contributed by atoms with Crippen LogP contribution < -0.4 is 10.1 Å². The van der Waals surface area contributed by atoms with Crippen LogP contribution in [-0.4, -0.2) is 22.9 Å². The van der Waals surface area contributed by atoms with Crippen molar-refractivity contribution in [2.75, 3.05) is 13.2 Å². The minimum absolute atomic E-state index is 0.628. The van der Waals surface area contributed by atoms with Gasteiger partial charge in [0.15, 0.2) is 0 Å². The Morgan fingerprint density at radius 3 is 2.95 bits per heavy atom. The lowest BCUT2D eigenvalue weighted by molar-refractivity contribution is 0.288. The number of ether oxygens (including phenoxy) is 1. The monoisotopic (exact) mass is 385 g/mol. The molecule has 0 fully saturated rings. The summed E-state index contributed by atoms with van der Waals surface area (Å²) >= 11 is 2.26. The summed E-state index contributed by atoms with van der Waals surface area (Å²) in [6.45, 7) is 5.44. The van der Waals surface area contributed by atoms with Crippen LogP contribution >= 0.6 is 22.6 Å². The van der Waals surface area contributed by atoms with Gasteiger partial charge in [-0.15, -0.1) is 0 Å². The molecule has 0 saturated carbocycles. The van der Waals surface area contributed by atoms with Crippen LogP contribution in [-0.2, 0) is 13.1 Å². The van der Waals surface area contributed by atoms with Crippen molar-refractivity contribution in [3.8, 4) is 5.75 Å². The van der Waals surface area contributed by atoms with E-state index < -0.39 is 0 Å². The summed E-state index contributed by atoms with van der Waals surface area (Å²) in [4.78, 5) is 0. The van der Waals surface area contributed by atoms with Crippen LogP contribution in [0.2, 0.25) is 0 Å². The molecule has 2 rings (SSSR count). The molecule has 2 aromatic rings. The van der Waals surface area contributed by atoms with Crippen molar-refractivity contribution in [2.45, 2.75) is 26.4 Å². The summed E-state index contributed by atoms with van der Waals surface area (Å²) in [5, 5.41) is 7.65. The highest BCUT2D eigenvalue weighted by Crippen LogP contribution is 2.17.